The minimum absolute atomic E-state index is 0.258. The average molecular weight is 176 g/mol. The third kappa shape index (κ3) is 1.17. The van der Waals surface area contributed by atoms with Gasteiger partial charge in [0.2, 0.25) is 0 Å². The van der Waals surface area contributed by atoms with E-state index in [4.69, 9.17) is 5.73 Å². The van der Waals surface area contributed by atoms with Crippen molar-refractivity contribution in [2.75, 3.05) is 0 Å². The molecule has 1 aliphatic rings. The zero-order chi connectivity index (χ0) is 9.64. The van der Waals surface area contributed by atoms with Gasteiger partial charge in [0.1, 0.15) is 0 Å². The fraction of sp³-hybridized carbons (Fsp3) is 0.545. The van der Waals surface area contributed by atoms with Gasteiger partial charge >= 0.3 is 0 Å². The summed E-state index contributed by atoms with van der Waals surface area (Å²) in [4.78, 5) is 4.28. The van der Waals surface area contributed by atoms with E-state index in [-0.39, 0.29) is 5.41 Å². The van der Waals surface area contributed by atoms with Crippen LogP contribution in [0.15, 0.2) is 18.3 Å². The fourth-order valence-electron chi connectivity index (χ4n) is 2.10. The number of rotatable bonds is 1. The van der Waals surface area contributed by atoms with Gasteiger partial charge in [-0.15, -0.1) is 0 Å². The van der Waals surface area contributed by atoms with Crippen LogP contribution in [0.4, 0.5) is 0 Å². The van der Waals surface area contributed by atoms with Crippen LogP contribution in [0.25, 0.3) is 0 Å². The smallest absolute Gasteiger partial charge is 0.0408 e. The van der Waals surface area contributed by atoms with Crippen molar-refractivity contribution in [2.45, 2.75) is 32.7 Å². The van der Waals surface area contributed by atoms with E-state index in [1.165, 1.54) is 5.56 Å². The Balaban J connectivity index is 2.34. The van der Waals surface area contributed by atoms with E-state index in [1.807, 2.05) is 12.3 Å². The van der Waals surface area contributed by atoms with E-state index in [0.717, 1.165) is 5.69 Å². The lowest BCUT2D eigenvalue weighted by atomic mass is 10.0. The molecule has 0 radical (unpaired) electrons. The average Bonchev–Trinajstić information content (AvgIpc) is 2.54. The lowest BCUT2D eigenvalue weighted by Gasteiger charge is -2.04. The number of hydrogen-bond donors (Lipinski definition) is 1. The van der Waals surface area contributed by atoms with Crippen molar-refractivity contribution in [2.24, 2.45) is 11.1 Å². The van der Waals surface area contributed by atoms with Crippen molar-refractivity contribution in [1.82, 2.24) is 4.98 Å². The predicted molar refractivity (Wildman–Crippen MR) is 53.5 cm³/mol. The molecular weight excluding hydrogens is 160 g/mol. The maximum Gasteiger partial charge on any atom is 0.0408 e. The molecule has 2 unspecified atom stereocenters. The van der Waals surface area contributed by atoms with Crippen LogP contribution >= 0.6 is 0 Å². The Hall–Kier alpha value is -0.890. The molecule has 13 heavy (non-hydrogen) atoms. The molecular formula is C11H16N2. The standard InChI is InChI=1S/C11H16N2/c1-7-8(5-4-6-13-7)9-10(12)11(9,2)3/h4-6,9-10H,12H2,1-3H3. The van der Waals surface area contributed by atoms with Crippen LogP contribution in [0.3, 0.4) is 0 Å². The zero-order valence-electron chi connectivity index (χ0n) is 8.41. The molecule has 0 aromatic carbocycles. The SMILES string of the molecule is Cc1ncccc1C1C(N)C1(C)C. The van der Waals surface area contributed by atoms with E-state index >= 15 is 0 Å². The molecule has 1 saturated carbocycles. The second kappa shape index (κ2) is 2.55. The number of nitrogens with two attached hydrogens (primary N) is 1. The van der Waals surface area contributed by atoms with Crippen LogP contribution in [-0.4, -0.2) is 11.0 Å². The van der Waals surface area contributed by atoms with E-state index in [0.29, 0.717) is 12.0 Å². The molecule has 0 spiro atoms. The molecule has 2 N–H and O–H groups in total. The monoisotopic (exact) mass is 176 g/mol. The van der Waals surface area contributed by atoms with Gasteiger partial charge < -0.3 is 5.73 Å². The van der Waals surface area contributed by atoms with Crippen LogP contribution < -0.4 is 5.73 Å². The Morgan fingerprint density at radius 1 is 1.46 bits per heavy atom. The molecule has 0 bridgehead atoms. The van der Waals surface area contributed by atoms with Crippen LogP contribution in [0.2, 0.25) is 0 Å². The van der Waals surface area contributed by atoms with E-state index in [2.05, 4.69) is 31.8 Å². The quantitative estimate of drug-likeness (QED) is 0.709. The second-order valence-electron chi connectivity index (χ2n) is 4.50. The molecule has 1 heterocycles. The molecule has 0 aliphatic heterocycles. The van der Waals surface area contributed by atoms with Crippen molar-refractivity contribution in [3.63, 3.8) is 0 Å². The molecule has 1 aliphatic carbocycles. The van der Waals surface area contributed by atoms with Gasteiger partial charge in [0.25, 0.3) is 0 Å². The number of hydrogen-bond acceptors (Lipinski definition) is 2. The lowest BCUT2D eigenvalue weighted by Crippen LogP contribution is -2.06. The summed E-state index contributed by atoms with van der Waals surface area (Å²) in [5.41, 5.74) is 8.71. The summed E-state index contributed by atoms with van der Waals surface area (Å²) in [7, 11) is 0. The first-order valence-electron chi connectivity index (χ1n) is 4.72. The van der Waals surface area contributed by atoms with Crippen LogP contribution in [0.1, 0.15) is 31.0 Å². The van der Waals surface area contributed by atoms with Crippen molar-refractivity contribution in [1.29, 1.82) is 0 Å². The third-order valence-electron chi connectivity index (χ3n) is 3.29. The highest BCUT2D eigenvalue weighted by Crippen LogP contribution is 2.57. The molecule has 1 aromatic heterocycles. The topological polar surface area (TPSA) is 38.9 Å². The van der Waals surface area contributed by atoms with Gasteiger partial charge in [0.15, 0.2) is 0 Å². The number of pyridine rings is 1. The van der Waals surface area contributed by atoms with E-state index in [1.54, 1.807) is 0 Å². The maximum absolute atomic E-state index is 6.02. The third-order valence-corrected chi connectivity index (χ3v) is 3.29. The highest BCUT2D eigenvalue weighted by atomic mass is 14.8. The Morgan fingerprint density at radius 2 is 2.08 bits per heavy atom. The molecule has 70 valence electrons. The predicted octanol–water partition coefficient (Wildman–Crippen LogP) is 1.84. The van der Waals surface area contributed by atoms with Gasteiger partial charge in [-0.3, -0.25) is 4.98 Å². The Kier molecular flexibility index (Phi) is 1.70. The minimum Gasteiger partial charge on any atom is -0.327 e. The van der Waals surface area contributed by atoms with Gasteiger partial charge in [-0.25, -0.2) is 0 Å². The van der Waals surface area contributed by atoms with Gasteiger partial charge in [0.05, 0.1) is 0 Å². The highest BCUT2D eigenvalue weighted by Gasteiger charge is 2.56. The summed E-state index contributed by atoms with van der Waals surface area (Å²) < 4.78 is 0. The van der Waals surface area contributed by atoms with Gasteiger partial charge in [-0.1, -0.05) is 19.9 Å². The van der Waals surface area contributed by atoms with Gasteiger partial charge in [-0.2, -0.15) is 0 Å². The lowest BCUT2D eigenvalue weighted by molar-refractivity contribution is 0.598. The summed E-state index contributed by atoms with van der Waals surface area (Å²) in [6, 6.07) is 4.43. The second-order valence-corrected chi connectivity index (χ2v) is 4.50. The molecule has 0 saturated heterocycles. The first-order chi connectivity index (χ1) is 6.05. The molecule has 2 heteroatoms. The van der Waals surface area contributed by atoms with Crippen molar-refractivity contribution in [3.05, 3.63) is 29.6 Å². The Labute approximate surface area is 79.2 Å². The fourth-order valence-corrected chi connectivity index (χ4v) is 2.10. The first kappa shape index (κ1) is 8.70. The molecule has 0 amide bonds. The summed E-state index contributed by atoms with van der Waals surface area (Å²) in [6.45, 7) is 6.49. The van der Waals surface area contributed by atoms with E-state index < -0.39 is 0 Å². The summed E-state index contributed by atoms with van der Waals surface area (Å²) in [6.07, 6.45) is 1.83. The van der Waals surface area contributed by atoms with Crippen LogP contribution in [0, 0.1) is 12.3 Å². The van der Waals surface area contributed by atoms with Crippen LogP contribution in [-0.2, 0) is 0 Å². The normalized spacial score (nSPS) is 30.2. The number of aryl methyl sites for hydroxylation is 1. The van der Waals surface area contributed by atoms with Gasteiger partial charge in [-0.05, 0) is 24.0 Å². The number of nitrogens with zero attached hydrogens (tertiary/aromatic N) is 1. The minimum atomic E-state index is 0.258. The Bertz CT molecular complexity index is 331. The van der Waals surface area contributed by atoms with E-state index in [9.17, 15) is 0 Å². The largest absolute Gasteiger partial charge is 0.327 e. The summed E-state index contributed by atoms with van der Waals surface area (Å²) in [5, 5.41) is 0. The molecule has 2 rings (SSSR count). The number of aromatic nitrogens is 1. The van der Waals surface area contributed by atoms with Gasteiger partial charge in [0, 0.05) is 23.9 Å². The first-order valence-corrected chi connectivity index (χ1v) is 4.72. The summed E-state index contributed by atoms with van der Waals surface area (Å²) in [5.74, 6) is 0.501. The van der Waals surface area contributed by atoms with Crippen molar-refractivity contribution in [3.8, 4) is 0 Å². The highest BCUT2D eigenvalue weighted by molar-refractivity contribution is 5.36. The zero-order valence-corrected chi connectivity index (χ0v) is 8.41. The molecule has 2 atom stereocenters. The molecule has 1 fully saturated rings. The van der Waals surface area contributed by atoms with Crippen molar-refractivity contribution < 1.29 is 0 Å². The summed E-state index contributed by atoms with van der Waals surface area (Å²) >= 11 is 0. The molecule has 2 nitrogen and oxygen atoms in total. The van der Waals surface area contributed by atoms with Crippen LogP contribution in [0.5, 0.6) is 0 Å². The maximum atomic E-state index is 6.02. The molecule has 1 aromatic rings. The Morgan fingerprint density at radius 3 is 2.54 bits per heavy atom. The van der Waals surface area contributed by atoms with Crippen molar-refractivity contribution >= 4 is 0 Å².